The fourth-order valence-electron chi connectivity index (χ4n) is 2.67. The first kappa shape index (κ1) is 22.9. The van der Waals surface area contributed by atoms with Crippen molar-refractivity contribution in [3.05, 3.63) is 54.1 Å². The van der Waals surface area contributed by atoms with Gasteiger partial charge in [-0.25, -0.2) is 0 Å². The zero-order valence-corrected chi connectivity index (χ0v) is 18.0. The van der Waals surface area contributed by atoms with Gasteiger partial charge in [0.15, 0.2) is 0 Å². The highest BCUT2D eigenvalue weighted by Gasteiger charge is 2.49. The van der Waals surface area contributed by atoms with Gasteiger partial charge < -0.3 is 13.0 Å². The van der Waals surface area contributed by atoms with Gasteiger partial charge in [0, 0.05) is 0 Å². The van der Waals surface area contributed by atoms with Crippen molar-refractivity contribution in [2.24, 2.45) is 0 Å². The van der Waals surface area contributed by atoms with Gasteiger partial charge in [0.25, 0.3) is 0 Å². The summed E-state index contributed by atoms with van der Waals surface area (Å²) < 4.78 is 77.5. The Balaban J connectivity index is 2.77. The zero-order chi connectivity index (χ0) is 21.7. The smallest absolute Gasteiger partial charge is 0.464 e. The Morgan fingerprint density at radius 2 is 1.52 bits per heavy atom. The van der Waals surface area contributed by atoms with Crippen molar-refractivity contribution in [2.45, 2.75) is 44.4 Å². The van der Waals surface area contributed by atoms with Crippen LogP contribution in [0.4, 0.5) is 13.2 Å². The SMILES string of the molecule is CC[Si](C#CC(OS(=O)(=O)C(F)(F)F)=C(c1ccco1)c1ccco1)(CC)CC. The van der Waals surface area contributed by atoms with E-state index < -0.39 is 29.5 Å². The Morgan fingerprint density at radius 1 is 1.03 bits per heavy atom. The molecular weight excluding hydrogens is 425 g/mol. The Hall–Kier alpha value is -2.38. The third kappa shape index (κ3) is 5.16. The summed E-state index contributed by atoms with van der Waals surface area (Å²) in [6.07, 6.45) is 2.59. The first-order valence-electron chi connectivity index (χ1n) is 8.95. The number of rotatable bonds is 7. The molecule has 0 bridgehead atoms. The number of allylic oxidation sites excluding steroid dienone is 1. The van der Waals surface area contributed by atoms with Gasteiger partial charge in [0.2, 0.25) is 5.76 Å². The first-order chi connectivity index (χ1) is 13.6. The molecule has 10 heteroatoms. The Kier molecular flexibility index (Phi) is 7.08. The van der Waals surface area contributed by atoms with E-state index in [4.69, 9.17) is 8.83 Å². The monoisotopic (exact) mass is 446 g/mol. The molecule has 2 aromatic heterocycles. The lowest BCUT2D eigenvalue weighted by Gasteiger charge is -2.20. The summed E-state index contributed by atoms with van der Waals surface area (Å²) >= 11 is 0. The molecular formula is C19H21F3O5SSi. The molecule has 0 aliphatic heterocycles. The lowest BCUT2D eigenvalue weighted by molar-refractivity contribution is -0.0518. The largest absolute Gasteiger partial charge is 0.534 e. The molecule has 0 unspecified atom stereocenters. The molecule has 2 rings (SSSR count). The molecule has 0 spiro atoms. The van der Waals surface area contributed by atoms with E-state index in [0.717, 1.165) is 18.1 Å². The molecule has 0 saturated carbocycles. The summed E-state index contributed by atoms with van der Waals surface area (Å²) in [5.74, 6) is 2.04. The van der Waals surface area contributed by atoms with Crippen molar-refractivity contribution in [2.75, 3.05) is 0 Å². The highest BCUT2D eigenvalue weighted by Crippen LogP contribution is 2.33. The molecule has 0 saturated heterocycles. The van der Waals surface area contributed by atoms with Crippen LogP contribution in [0.25, 0.3) is 5.57 Å². The molecule has 0 amide bonds. The van der Waals surface area contributed by atoms with Gasteiger partial charge in [-0.2, -0.15) is 21.6 Å². The predicted molar refractivity (Wildman–Crippen MR) is 104 cm³/mol. The zero-order valence-electron chi connectivity index (χ0n) is 16.2. The van der Waals surface area contributed by atoms with Gasteiger partial charge in [-0.15, -0.1) is 5.54 Å². The van der Waals surface area contributed by atoms with E-state index in [-0.39, 0.29) is 17.1 Å². The van der Waals surface area contributed by atoms with E-state index in [2.05, 4.69) is 15.6 Å². The van der Waals surface area contributed by atoms with Crippen LogP contribution >= 0.6 is 0 Å². The Labute approximate surface area is 168 Å². The normalized spacial score (nSPS) is 12.2. The van der Waals surface area contributed by atoms with Crippen molar-refractivity contribution in [3.8, 4) is 11.5 Å². The molecule has 0 atom stereocenters. The van der Waals surface area contributed by atoms with Crippen LogP contribution in [-0.2, 0) is 14.3 Å². The molecule has 29 heavy (non-hydrogen) atoms. The molecule has 0 radical (unpaired) electrons. The van der Waals surface area contributed by atoms with E-state index in [0.29, 0.717) is 0 Å². The van der Waals surface area contributed by atoms with E-state index in [1.807, 2.05) is 20.8 Å². The third-order valence-electron chi connectivity index (χ3n) is 4.71. The highest BCUT2D eigenvalue weighted by molar-refractivity contribution is 7.87. The summed E-state index contributed by atoms with van der Waals surface area (Å²) in [6, 6.07) is 8.21. The highest BCUT2D eigenvalue weighted by atomic mass is 32.2. The fourth-order valence-corrected chi connectivity index (χ4v) is 5.52. The minimum absolute atomic E-state index is 0.0680. The molecule has 0 aromatic carbocycles. The minimum atomic E-state index is -5.94. The number of alkyl halides is 3. The van der Waals surface area contributed by atoms with Crippen LogP contribution < -0.4 is 0 Å². The van der Waals surface area contributed by atoms with Gasteiger partial charge in [0.1, 0.15) is 25.2 Å². The van der Waals surface area contributed by atoms with Crippen molar-refractivity contribution >= 4 is 23.8 Å². The summed E-state index contributed by atoms with van der Waals surface area (Å²) in [5.41, 5.74) is -2.66. The van der Waals surface area contributed by atoms with Crippen LogP contribution in [0.5, 0.6) is 0 Å². The van der Waals surface area contributed by atoms with Crippen molar-refractivity contribution in [3.63, 3.8) is 0 Å². The summed E-state index contributed by atoms with van der Waals surface area (Å²) in [4.78, 5) is 0. The second-order valence-electron chi connectivity index (χ2n) is 6.23. The molecule has 2 heterocycles. The molecule has 0 aliphatic rings. The predicted octanol–water partition coefficient (Wildman–Crippen LogP) is 5.55. The average Bonchev–Trinajstić information content (AvgIpc) is 3.37. The molecule has 5 nitrogen and oxygen atoms in total. The van der Waals surface area contributed by atoms with Crippen LogP contribution in [0.15, 0.2) is 51.4 Å². The average molecular weight is 447 g/mol. The van der Waals surface area contributed by atoms with Gasteiger partial charge >= 0.3 is 15.6 Å². The maximum Gasteiger partial charge on any atom is 0.534 e. The van der Waals surface area contributed by atoms with E-state index in [1.54, 1.807) is 0 Å². The summed E-state index contributed by atoms with van der Waals surface area (Å²) in [5, 5.41) is 0. The van der Waals surface area contributed by atoms with Crippen LogP contribution in [0.3, 0.4) is 0 Å². The maximum absolute atomic E-state index is 13.0. The number of hydrogen-bond donors (Lipinski definition) is 0. The Morgan fingerprint density at radius 3 is 1.86 bits per heavy atom. The van der Waals surface area contributed by atoms with Crippen LogP contribution in [0.2, 0.25) is 18.1 Å². The second kappa shape index (κ2) is 8.96. The molecule has 158 valence electrons. The lowest BCUT2D eigenvalue weighted by atomic mass is 10.1. The third-order valence-corrected chi connectivity index (χ3v) is 10.4. The quantitative estimate of drug-likeness (QED) is 0.183. The number of furan rings is 2. The van der Waals surface area contributed by atoms with Crippen molar-refractivity contribution < 1.29 is 34.6 Å². The molecule has 0 N–H and O–H groups in total. The van der Waals surface area contributed by atoms with Gasteiger partial charge in [-0.3, -0.25) is 0 Å². The molecule has 0 aliphatic carbocycles. The van der Waals surface area contributed by atoms with Crippen molar-refractivity contribution in [1.82, 2.24) is 0 Å². The number of hydrogen-bond acceptors (Lipinski definition) is 5. The molecule has 2 aromatic rings. The first-order valence-corrected chi connectivity index (χ1v) is 13.0. The maximum atomic E-state index is 13.0. The fraction of sp³-hybridized carbons (Fsp3) is 0.368. The summed E-state index contributed by atoms with van der Waals surface area (Å²) in [7, 11) is -8.07. The van der Waals surface area contributed by atoms with E-state index >= 15 is 0 Å². The number of halogens is 3. The molecule has 0 fully saturated rings. The second-order valence-corrected chi connectivity index (χ2v) is 12.7. The van der Waals surface area contributed by atoms with Gasteiger partial charge in [-0.1, -0.05) is 20.8 Å². The van der Waals surface area contributed by atoms with Gasteiger partial charge in [0.05, 0.1) is 12.5 Å². The van der Waals surface area contributed by atoms with Crippen LogP contribution in [-0.4, -0.2) is 22.0 Å². The standard InChI is InChI=1S/C19H21F3O5SSi/c1-4-29(5-2,6-3)14-11-17(27-28(23,24)19(20,21)22)18(15-9-7-12-25-15)16-10-8-13-26-16/h7-10,12-13H,4-6H2,1-3H3. The van der Waals surface area contributed by atoms with Crippen molar-refractivity contribution in [1.29, 1.82) is 0 Å². The summed E-state index contributed by atoms with van der Waals surface area (Å²) in [6.45, 7) is 5.89. The minimum Gasteiger partial charge on any atom is -0.464 e. The van der Waals surface area contributed by atoms with E-state index in [1.165, 1.54) is 36.8 Å². The topological polar surface area (TPSA) is 69.7 Å². The van der Waals surface area contributed by atoms with Crippen LogP contribution in [0.1, 0.15) is 32.3 Å². The lowest BCUT2D eigenvalue weighted by Crippen LogP contribution is -2.30. The Bertz CT molecular complexity index is 946. The van der Waals surface area contributed by atoms with Gasteiger partial charge in [-0.05, 0) is 48.3 Å². The van der Waals surface area contributed by atoms with E-state index in [9.17, 15) is 21.6 Å². The van der Waals surface area contributed by atoms with Crippen LogP contribution in [0, 0.1) is 11.5 Å².